The quantitative estimate of drug-likeness (QED) is 0.493. The van der Waals surface area contributed by atoms with Crippen LogP contribution in [0.25, 0.3) is 0 Å². The Morgan fingerprint density at radius 1 is 0.903 bits per heavy atom. The highest BCUT2D eigenvalue weighted by Crippen LogP contribution is 2.18. The standard InChI is InChI=1S/C24H25ClN2O3S/c1-18(21-5-3-2-4-6-21)27-31(29,30)23-14-9-19(10-15-23)11-16-24(28)26-17-20-7-12-22(25)13-8-20/h2-10,12-15,18,27H,11,16-17H2,1H3,(H,26,28)/t18-/m1/s1. The van der Waals surface area contributed by atoms with E-state index in [0.717, 1.165) is 16.7 Å². The van der Waals surface area contributed by atoms with Crippen molar-refractivity contribution < 1.29 is 13.2 Å². The third-order valence-electron chi connectivity index (χ3n) is 4.91. The van der Waals surface area contributed by atoms with E-state index in [2.05, 4.69) is 10.0 Å². The zero-order valence-electron chi connectivity index (χ0n) is 17.2. The molecule has 3 aromatic carbocycles. The van der Waals surface area contributed by atoms with Crippen LogP contribution in [0.5, 0.6) is 0 Å². The SMILES string of the molecule is C[C@@H](NS(=O)(=O)c1ccc(CCC(=O)NCc2ccc(Cl)cc2)cc1)c1ccccc1. The predicted octanol–water partition coefficient (Wildman–Crippen LogP) is 4.63. The largest absolute Gasteiger partial charge is 0.352 e. The van der Waals surface area contributed by atoms with Crippen molar-refractivity contribution in [1.82, 2.24) is 10.0 Å². The summed E-state index contributed by atoms with van der Waals surface area (Å²) in [4.78, 5) is 12.3. The molecule has 3 rings (SSSR count). The summed E-state index contributed by atoms with van der Waals surface area (Å²) in [7, 11) is -3.64. The second kappa shape index (κ2) is 10.6. The average Bonchev–Trinajstić information content (AvgIpc) is 2.78. The number of carbonyl (C=O) groups is 1. The molecule has 0 saturated heterocycles. The summed E-state index contributed by atoms with van der Waals surface area (Å²) in [5, 5.41) is 3.53. The van der Waals surface area contributed by atoms with Gasteiger partial charge in [-0.25, -0.2) is 13.1 Å². The highest BCUT2D eigenvalue weighted by Gasteiger charge is 2.18. The topological polar surface area (TPSA) is 75.3 Å². The van der Waals surface area contributed by atoms with Crippen molar-refractivity contribution in [1.29, 1.82) is 0 Å². The Morgan fingerprint density at radius 2 is 1.52 bits per heavy atom. The minimum atomic E-state index is -3.64. The first kappa shape index (κ1) is 23.0. The number of rotatable bonds is 9. The Kier molecular flexibility index (Phi) is 7.85. The van der Waals surface area contributed by atoms with Gasteiger partial charge in [0.25, 0.3) is 0 Å². The molecular weight excluding hydrogens is 432 g/mol. The zero-order valence-corrected chi connectivity index (χ0v) is 18.8. The molecule has 7 heteroatoms. The van der Waals surface area contributed by atoms with Crippen LogP contribution >= 0.6 is 11.6 Å². The summed E-state index contributed by atoms with van der Waals surface area (Å²) in [6, 6.07) is 23.0. The summed E-state index contributed by atoms with van der Waals surface area (Å²) < 4.78 is 28.0. The molecule has 0 bridgehead atoms. The number of hydrogen-bond donors (Lipinski definition) is 2. The van der Waals surface area contributed by atoms with Crippen LogP contribution in [0.3, 0.4) is 0 Å². The predicted molar refractivity (Wildman–Crippen MR) is 123 cm³/mol. The molecule has 0 aliphatic heterocycles. The van der Waals surface area contributed by atoms with Crippen molar-refractivity contribution in [3.8, 4) is 0 Å². The monoisotopic (exact) mass is 456 g/mol. The van der Waals surface area contributed by atoms with Crippen LogP contribution in [0.1, 0.15) is 36.1 Å². The molecule has 0 saturated carbocycles. The summed E-state index contributed by atoms with van der Waals surface area (Å²) in [5.41, 5.74) is 2.77. The Bertz CT molecular complexity index is 1100. The van der Waals surface area contributed by atoms with Crippen molar-refractivity contribution in [2.75, 3.05) is 0 Å². The lowest BCUT2D eigenvalue weighted by Crippen LogP contribution is -2.26. The van der Waals surface area contributed by atoms with Crippen molar-refractivity contribution in [2.45, 2.75) is 37.2 Å². The summed E-state index contributed by atoms with van der Waals surface area (Å²) >= 11 is 5.85. The fourth-order valence-corrected chi connectivity index (χ4v) is 4.45. The van der Waals surface area contributed by atoms with Crippen molar-refractivity contribution >= 4 is 27.5 Å². The number of halogens is 1. The van der Waals surface area contributed by atoms with Gasteiger partial charge in [-0.2, -0.15) is 0 Å². The Labute approximate surface area is 188 Å². The lowest BCUT2D eigenvalue weighted by Gasteiger charge is -2.15. The van der Waals surface area contributed by atoms with Gasteiger partial charge in [0.15, 0.2) is 0 Å². The fourth-order valence-electron chi connectivity index (χ4n) is 3.09. The van der Waals surface area contributed by atoms with Gasteiger partial charge in [0, 0.05) is 24.0 Å². The molecule has 1 amide bonds. The first-order valence-electron chi connectivity index (χ1n) is 10.0. The molecule has 3 aromatic rings. The van der Waals surface area contributed by atoms with Crippen LogP contribution in [-0.2, 0) is 27.8 Å². The summed E-state index contributed by atoms with van der Waals surface area (Å²) in [6.45, 7) is 2.25. The van der Waals surface area contributed by atoms with Crippen LogP contribution in [0, 0.1) is 0 Å². The van der Waals surface area contributed by atoms with E-state index in [9.17, 15) is 13.2 Å². The molecule has 162 valence electrons. The molecule has 0 unspecified atom stereocenters. The third-order valence-corrected chi connectivity index (χ3v) is 6.72. The first-order chi connectivity index (χ1) is 14.8. The van der Waals surface area contributed by atoms with Gasteiger partial charge in [0.05, 0.1) is 4.90 Å². The van der Waals surface area contributed by atoms with Crippen molar-refractivity contribution in [2.24, 2.45) is 0 Å². The van der Waals surface area contributed by atoms with Gasteiger partial charge >= 0.3 is 0 Å². The molecule has 0 radical (unpaired) electrons. The third kappa shape index (κ3) is 6.92. The minimum absolute atomic E-state index is 0.0648. The van der Waals surface area contributed by atoms with E-state index < -0.39 is 10.0 Å². The van der Waals surface area contributed by atoms with Crippen LogP contribution in [0.2, 0.25) is 5.02 Å². The highest BCUT2D eigenvalue weighted by atomic mass is 35.5. The maximum absolute atomic E-state index is 12.7. The Morgan fingerprint density at radius 3 is 2.16 bits per heavy atom. The molecular formula is C24H25ClN2O3S. The van der Waals surface area contributed by atoms with Gasteiger partial charge in [0.1, 0.15) is 0 Å². The van der Waals surface area contributed by atoms with Crippen LogP contribution in [0.15, 0.2) is 83.8 Å². The van der Waals surface area contributed by atoms with Gasteiger partial charge in [-0.05, 0) is 54.3 Å². The summed E-state index contributed by atoms with van der Waals surface area (Å²) in [6.07, 6.45) is 0.851. The average molecular weight is 457 g/mol. The van der Waals surface area contributed by atoms with Crippen molar-refractivity contribution in [3.05, 3.63) is 101 Å². The molecule has 31 heavy (non-hydrogen) atoms. The van der Waals surface area contributed by atoms with Gasteiger partial charge < -0.3 is 5.32 Å². The Balaban J connectivity index is 1.51. The van der Waals surface area contributed by atoms with E-state index >= 15 is 0 Å². The van der Waals surface area contributed by atoms with Gasteiger partial charge in [-0.1, -0.05) is 66.2 Å². The molecule has 5 nitrogen and oxygen atoms in total. The number of nitrogens with one attached hydrogen (secondary N) is 2. The lowest BCUT2D eigenvalue weighted by atomic mass is 10.1. The maximum atomic E-state index is 12.7. The lowest BCUT2D eigenvalue weighted by molar-refractivity contribution is -0.121. The maximum Gasteiger partial charge on any atom is 0.241 e. The van der Waals surface area contributed by atoms with Crippen molar-refractivity contribution in [3.63, 3.8) is 0 Å². The molecule has 0 spiro atoms. The Hall–Kier alpha value is -2.67. The van der Waals surface area contributed by atoms with E-state index in [0.29, 0.717) is 24.4 Å². The molecule has 0 heterocycles. The normalized spacial score (nSPS) is 12.3. The fraction of sp³-hybridized carbons (Fsp3) is 0.208. The van der Waals surface area contributed by atoms with Gasteiger partial charge in [-0.3, -0.25) is 4.79 Å². The number of aryl methyl sites for hydroxylation is 1. The van der Waals surface area contributed by atoms with Gasteiger partial charge in [0.2, 0.25) is 15.9 Å². The number of hydrogen-bond acceptors (Lipinski definition) is 3. The molecule has 0 aromatic heterocycles. The van der Waals surface area contributed by atoms with E-state index in [-0.39, 0.29) is 16.8 Å². The van der Waals surface area contributed by atoms with Crippen LogP contribution < -0.4 is 10.0 Å². The van der Waals surface area contributed by atoms with E-state index in [4.69, 9.17) is 11.6 Å². The van der Waals surface area contributed by atoms with Crippen LogP contribution in [-0.4, -0.2) is 14.3 Å². The second-order valence-corrected chi connectivity index (χ2v) is 9.45. The number of sulfonamides is 1. The first-order valence-corrected chi connectivity index (χ1v) is 11.9. The molecule has 0 aliphatic rings. The molecule has 0 aliphatic carbocycles. The summed E-state index contributed by atoms with van der Waals surface area (Å²) in [5.74, 6) is -0.0648. The van der Waals surface area contributed by atoms with Gasteiger partial charge in [-0.15, -0.1) is 0 Å². The highest BCUT2D eigenvalue weighted by molar-refractivity contribution is 7.89. The van der Waals surface area contributed by atoms with Crippen LogP contribution in [0.4, 0.5) is 0 Å². The number of amides is 1. The second-order valence-electron chi connectivity index (χ2n) is 7.30. The number of benzene rings is 3. The minimum Gasteiger partial charge on any atom is -0.352 e. The zero-order chi connectivity index (χ0) is 22.3. The molecule has 0 fully saturated rings. The molecule has 1 atom stereocenters. The number of carbonyl (C=O) groups excluding carboxylic acids is 1. The van der Waals surface area contributed by atoms with E-state index in [1.165, 1.54) is 0 Å². The molecule has 2 N–H and O–H groups in total. The smallest absolute Gasteiger partial charge is 0.241 e. The van der Waals surface area contributed by atoms with E-state index in [1.807, 2.05) is 49.4 Å². The van der Waals surface area contributed by atoms with E-state index in [1.54, 1.807) is 36.4 Å².